The Morgan fingerprint density at radius 1 is 1.35 bits per heavy atom. The van der Waals surface area contributed by atoms with Crippen LogP contribution in [0.25, 0.3) is 11.0 Å². The van der Waals surface area contributed by atoms with Crippen LogP contribution < -0.4 is 0 Å². The lowest BCUT2D eigenvalue weighted by Crippen LogP contribution is -2.37. The van der Waals surface area contributed by atoms with Crippen molar-refractivity contribution >= 4 is 28.6 Å². The molecule has 2 aromatic rings. The van der Waals surface area contributed by atoms with Gasteiger partial charge in [0, 0.05) is 5.02 Å². The molecule has 0 atom stereocenters. The van der Waals surface area contributed by atoms with Gasteiger partial charge in [0.15, 0.2) is 0 Å². The fraction of sp³-hybridized carbons (Fsp3) is 0.467. The first-order valence-corrected chi connectivity index (χ1v) is 7.28. The number of esters is 1. The molecule has 5 heteroatoms. The Labute approximate surface area is 123 Å². The van der Waals surface area contributed by atoms with Gasteiger partial charge in [-0.2, -0.15) is 0 Å². The maximum atomic E-state index is 12.4. The molecule has 0 aliphatic heterocycles. The molecular formula is C15H19ClN2O2. The molecule has 0 spiro atoms. The van der Waals surface area contributed by atoms with Gasteiger partial charge in [0.2, 0.25) is 0 Å². The molecule has 0 bridgehead atoms. The van der Waals surface area contributed by atoms with Gasteiger partial charge < -0.3 is 9.72 Å². The largest absolute Gasteiger partial charge is 0.465 e. The number of imidazole rings is 1. The number of halogens is 1. The summed E-state index contributed by atoms with van der Waals surface area (Å²) in [5.41, 5.74) is 0.921. The minimum atomic E-state index is -0.721. The Balaban J connectivity index is 2.53. The summed E-state index contributed by atoms with van der Waals surface area (Å²) in [6.45, 7) is 6.13. The van der Waals surface area contributed by atoms with Crippen molar-refractivity contribution in [1.82, 2.24) is 9.97 Å². The lowest BCUT2D eigenvalue weighted by Gasteiger charge is -2.26. The highest BCUT2D eigenvalue weighted by Crippen LogP contribution is 2.33. The van der Waals surface area contributed by atoms with Crippen LogP contribution in [0.15, 0.2) is 18.2 Å². The van der Waals surface area contributed by atoms with Gasteiger partial charge in [-0.3, -0.25) is 4.79 Å². The number of aromatic nitrogens is 2. The first-order valence-electron chi connectivity index (χ1n) is 6.90. The number of nitrogens with one attached hydrogen (secondary N) is 1. The Bertz CT molecular complexity index is 617. The highest BCUT2D eigenvalue weighted by atomic mass is 35.5. The first kappa shape index (κ1) is 14.9. The third kappa shape index (κ3) is 2.40. The van der Waals surface area contributed by atoms with Crippen molar-refractivity contribution in [3.05, 3.63) is 29.0 Å². The van der Waals surface area contributed by atoms with Crippen molar-refractivity contribution in [2.24, 2.45) is 0 Å². The quantitative estimate of drug-likeness (QED) is 0.853. The molecule has 0 amide bonds. The van der Waals surface area contributed by atoms with Gasteiger partial charge in [-0.15, -0.1) is 0 Å². The lowest BCUT2D eigenvalue weighted by molar-refractivity contribution is -0.150. The van der Waals surface area contributed by atoms with Gasteiger partial charge in [-0.05, 0) is 38.0 Å². The number of rotatable bonds is 5. The molecule has 1 N–H and O–H groups in total. The van der Waals surface area contributed by atoms with Crippen LogP contribution in [0.2, 0.25) is 5.02 Å². The van der Waals surface area contributed by atoms with Crippen molar-refractivity contribution in [2.75, 3.05) is 6.61 Å². The minimum absolute atomic E-state index is 0.227. The van der Waals surface area contributed by atoms with Crippen LogP contribution in [0, 0.1) is 0 Å². The number of fused-ring (bicyclic) bond motifs is 1. The van der Waals surface area contributed by atoms with E-state index < -0.39 is 5.41 Å². The number of carbonyl (C=O) groups excluding carboxylic acids is 1. The van der Waals surface area contributed by atoms with Crippen LogP contribution in [-0.2, 0) is 14.9 Å². The van der Waals surface area contributed by atoms with Gasteiger partial charge in [0.25, 0.3) is 0 Å². The number of benzene rings is 1. The number of H-pyrrole nitrogens is 1. The average Bonchev–Trinajstić information content (AvgIpc) is 2.84. The van der Waals surface area contributed by atoms with Crippen LogP contribution in [-0.4, -0.2) is 22.5 Å². The van der Waals surface area contributed by atoms with E-state index in [9.17, 15) is 4.79 Å². The zero-order valence-corrected chi connectivity index (χ0v) is 12.8. The summed E-state index contributed by atoms with van der Waals surface area (Å²) in [4.78, 5) is 20.1. The molecule has 0 unspecified atom stereocenters. The van der Waals surface area contributed by atoms with E-state index >= 15 is 0 Å². The van der Waals surface area contributed by atoms with E-state index in [1.165, 1.54) is 0 Å². The van der Waals surface area contributed by atoms with E-state index in [-0.39, 0.29) is 5.97 Å². The topological polar surface area (TPSA) is 55.0 Å². The normalized spacial score (nSPS) is 11.8. The molecule has 1 aromatic heterocycles. The molecule has 0 aliphatic rings. The molecule has 0 aliphatic carbocycles. The predicted molar refractivity (Wildman–Crippen MR) is 80.0 cm³/mol. The summed E-state index contributed by atoms with van der Waals surface area (Å²) >= 11 is 5.98. The smallest absolute Gasteiger partial charge is 0.319 e. The van der Waals surface area contributed by atoms with Crippen molar-refractivity contribution in [2.45, 2.75) is 39.0 Å². The number of hydrogen-bond acceptors (Lipinski definition) is 3. The Morgan fingerprint density at radius 2 is 2.05 bits per heavy atom. The standard InChI is InChI=1S/C15H19ClN2O2/c1-4-15(5-2,14(19)20-6-3)13-17-11-8-7-10(16)9-12(11)18-13/h7-9H,4-6H2,1-3H3,(H,17,18). The highest BCUT2D eigenvalue weighted by Gasteiger charge is 2.41. The van der Waals surface area contributed by atoms with E-state index in [1.807, 2.05) is 32.9 Å². The summed E-state index contributed by atoms with van der Waals surface area (Å²) in [6.07, 6.45) is 1.27. The molecule has 20 heavy (non-hydrogen) atoms. The van der Waals surface area contributed by atoms with Crippen molar-refractivity contribution in [1.29, 1.82) is 0 Å². The summed E-state index contributed by atoms with van der Waals surface area (Å²) in [5, 5.41) is 0.641. The van der Waals surface area contributed by atoms with Gasteiger partial charge in [-0.25, -0.2) is 4.98 Å². The molecule has 1 aromatic carbocycles. The van der Waals surface area contributed by atoms with Crippen LogP contribution in [0.4, 0.5) is 0 Å². The lowest BCUT2D eigenvalue weighted by atomic mass is 9.81. The second-order valence-electron chi connectivity index (χ2n) is 4.76. The second kappa shape index (κ2) is 5.83. The van der Waals surface area contributed by atoms with E-state index in [4.69, 9.17) is 16.3 Å². The third-order valence-corrected chi connectivity index (χ3v) is 4.01. The van der Waals surface area contributed by atoms with Crippen LogP contribution in [0.1, 0.15) is 39.4 Å². The van der Waals surface area contributed by atoms with Crippen molar-refractivity contribution in [3.63, 3.8) is 0 Å². The summed E-state index contributed by atoms with van der Waals surface area (Å²) in [7, 11) is 0. The Hall–Kier alpha value is -1.55. The zero-order chi connectivity index (χ0) is 14.8. The summed E-state index contributed by atoms with van der Waals surface area (Å²) in [6, 6.07) is 5.45. The van der Waals surface area contributed by atoms with E-state index in [0.717, 1.165) is 11.0 Å². The summed E-state index contributed by atoms with van der Waals surface area (Å²) in [5.74, 6) is 0.424. The van der Waals surface area contributed by atoms with Crippen molar-refractivity contribution < 1.29 is 9.53 Å². The maximum absolute atomic E-state index is 12.4. The number of hydrogen-bond donors (Lipinski definition) is 1. The first-order chi connectivity index (χ1) is 9.57. The SMILES string of the molecule is CCOC(=O)C(CC)(CC)c1nc2ccc(Cl)cc2[nH]1. The fourth-order valence-corrected chi connectivity index (χ4v) is 2.62. The predicted octanol–water partition coefficient (Wildman–Crippen LogP) is 3.84. The average molecular weight is 295 g/mol. The monoisotopic (exact) mass is 294 g/mol. The van der Waals surface area contributed by atoms with Crippen LogP contribution in [0.3, 0.4) is 0 Å². The molecule has 0 saturated carbocycles. The Morgan fingerprint density at radius 3 is 2.65 bits per heavy atom. The molecule has 4 nitrogen and oxygen atoms in total. The van der Waals surface area contributed by atoms with E-state index in [2.05, 4.69) is 9.97 Å². The highest BCUT2D eigenvalue weighted by molar-refractivity contribution is 6.31. The number of aromatic amines is 1. The van der Waals surface area contributed by atoms with E-state index in [1.54, 1.807) is 6.07 Å². The van der Waals surface area contributed by atoms with Gasteiger partial charge in [0.05, 0.1) is 17.6 Å². The number of nitrogens with zero attached hydrogens (tertiary/aromatic N) is 1. The maximum Gasteiger partial charge on any atom is 0.319 e. The van der Waals surface area contributed by atoms with Crippen molar-refractivity contribution in [3.8, 4) is 0 Å². The number of ether oxygens (including phenoxy) is 1. The van der Waals surface area contributed by atoms with Crippen LogP contribution >= 0.6 is 11.6 Å². The summed E-state index contributed by atoms with van der Waals surface area (Å²) < 4.78 is 5.24. The molecule has 0 radical (unpaired) electrons. The minimum Gasteiger partial charge on any atom is -0.465 e. The molecular weight excluding hydrogens is 276 g/mol. The zero-order valence-electron chi connectivity index (χ0n) is 12.0. The molecule has 108 valence electrons. The second-order valence-corrected chi connectivity index (χ2v) is 5.19. The van der Waals surface area contributed by atoms with E-state index in [0.29, 0.717) is 30.3 Å². The fourth-order valence-electron chi connectivity index (χ4n) is 2.45. The van der Waals surface area contributed by atoms with Gasteiger partial charge >= 0.3 is 5.97 Å². The molecule has 2 rings (SSSR count). The van der Waals surface area contributed by atoms with Gasteiger partial charge in [0.1, 0.15) is 11.2 Å². The molecule has 1 heterocycles. The third-order valence-electron chi connectivity index (χ3n) is 3.77. The Kier molecular flexibility index (Phi) is 4.33. The molecule has 0 fully saturated rings. The molecule has 0 saturated heterocycles. The van der Waals surface area contributed by atoms with Gasteiger partial charge in [-0.1, -0.05) is 25.4 Å². The van der Waals surface area contributed by atoms with Crippen LogP contribution in [0.5, 0.6) is 0 Å². The number of carbonyl (C=O) groups is 1.